The maximum Gasteiger partial charge on any atom is 0.244 e. The van der Waals surface area contributed by atoms with E-state index < -0.39 is 10.0 Å². The number of aryl methyl sites for hydroxylation is 1. The van der Waals surface area contributed by atoms with E-state index in [9.17, 15) is 8.42 Å². The monoisotopic (exact) mass is 372 g/mol. The minimum Gasteiger partial charge on any atom is -0.316 e. The summed E-state index contributed by atoms with van der Waals surface area (Å²) in [4.78, 5) is 0.417. The lowest BCUT2D eigenvalue weighted by molar-refractivity contribution is 0.333. The van der Waals surface area contributed by atoms with Crippen LogP contribution < -0.4 is 5.32 Å². The number of nitrogens with zero attached hydrogens (tertiary/aromatic N) is 1. The molecule has 1 saturated carbocycles. The largest absolute Gasteiger partial charge is 0.316 e. The molecule has 4 nitrogen and oxygen atoms in total. The highest BCUT2D eigenvalue weighted by molar-refractivity contribution is 9.10. The van der Waals surface area contributed by atoms with Gasteiger partial charge in [-0.1, -0.05) is 6.07 Å². The van der Waals surface area contributed by atoms with Crippen LogP contribution in [0, 0.1) is 12.8 Å². The molecule has 3 rings (SSSR count). The van der Waals surface area contributed by atoms with Crippen LogP contribution in [0.2, 0.25) is 0 Å². The first-order valence-corrected chi connectivity index (χ1v) is 9.62. The number of halogens is 1. The molecule has 0 aromatic heterocycles. The van der Waals surface area contributed by atoms with Crippen LogP contribution in [0.4, 0.5) is 0 Å². The molecule has 2 atom stereocenters. The molecule has 1 aromatic rings. The van der Waals surface area contributed by atoms with Crippen molar-refractivity contribution in [1.29, 1.82) is 0 Å². The fourth-order valence-electron chi connectivity index (χ4n) is 3.60. The summed E-state index contributed by atoms with van der Waals surface area (Å²) in [6.45, 7) is 3.30. The summed E-state index contributed by atoms with van der Waals surface area (Å²) in [6, 6.07) is 4.03. The number of nitrogens with one attached hydrogen (secondary N) is 1. The highest BCUT2D eigenvalue weighted by atomic mass is 79.9. The van der Waals surface area contributed by atoms with Gasteiger partial charge in [-0.15, -0.1) is 0 Å². The number of piperidine rings is 1. The average Bonchev–Trinajstić information content (AvgIpc) is 3.05. The van der Waals surface area contributed by atoms with Gasteiger partial charge in [-0.25, -0.2) is 8.42 Å². The van der Waals surface area contributed by atoms with Crippen molar-refractivity contribution >= 4 is 26.0 Å². The lowest BCUT2D eigenvalue weighted by atomic mass is 10.1. The zero-order chi connectivity index (χ0) is 15.2. The van der Waals surface area contributed by atoms with Crippen molar-refractivity contribution in [2.75, 3.05) is 13.6 Å². The molecule has 1 heterocycles. The van der Waals surface area contributed by atoms with Crippen molar-refractivity contribution in [3.63, 3.8) is 0 Å². The predicted octanol–water partition coefficient (Wildman–Crippen LogP) is 2.65. The number of rotatable bonds is 4. The molecule has 2 fully saturated rings. The maximum atomic E-state index is 13.0. The van der Waals surface area contributed by atoms with E-state index in [2.05, 4.69) is 21.2 Å². The Morgan fingerprint density at radius 1 is 1.38 bits per heavy atom. The van der Waals surface area contributed by atoms with Crippen molar-refractivity contribution in [1.82, 2.24) is 9.62 Å². The minimum atomic E-state index is -3.40. The molecule has 1 aliphatic carbocycles. The topological polar surface area (TPSA) is 49.4 Å². The average molecular weight is 373 g/mol. The smallest absolute Gasteiger partial charge is 0.244 e. The van der Waals surface area contributed by atoms with E-state index >= 15 is 0 Å². The Morgan fingerprint density at radius 3 is 2.71 bits per heavy atom. The van der Waals surface area contributed by atoms with Gasteiger partial charge < -0.3 is 5.32 Å². The Hall–Kier alpha value is -0.430. The van der Waals surface area contributed by atoms with Crippen molar-refractivity contribution < 1.29 is 8.42 Å². The lowest BCUT2D eigenvalue weighted by Crippen LogP contribution is -2.37. The summed E-state index contributed by atoms with van der Waals surface area (Å²) in [6.07, 6.45) is 3.22. The van der Waals surface area contributed by atoms with Gasteiger partial charge in [-0.3, -0.25) is 0 Å². The van der Waals surface area contributed by atoms with Gasteiger partial charge in [0.15, 0.2) is 0 Å². The fourth-order valence-corrected chi connectivity index (χ4v) is 6.38. The number of sulfonamides is 1. The Morgan fingerprint density at radius 2 is 2.14 bits per heavy atom. The second-order valence-corrected chi connectivity index (χ2v) is 8.81. The quantitative estimate of drug-likeness (QED) is 0.883. The van der Waals surface area contributed by atoms with Gasteiger partial charge in [0.2, 0.25) is 10.0 Å². The third-order valence-electron chi connectivity index (χ3n) is 4.61. The summed E-state index contributed by atoms with van der Waals surface area (Å²) in [5.74, 6) is 0.560. The molecule has 0 radical (unpaired) electrons. The van der Waals surface area contributed by atoms with Gasteiger partial charge in [0, 0.05) is 23.6 Å². The van der Waals surface area contributed by atoms with E-state index in [1.807, 2.05) is 20.0 Å². The molecule has 2 unspecified atom stereocenters. The van der Waals surface area contributed by atoms with Crippen molar-refractivity contribution in [2.45, 2.75) is 43.7 Å². The zero-order valence-electron chi connectivity index (χ0n) is 12.4. The summed E-state index contributed by atoms with van der Waals surface area (Å²) >= 11 is 3.48. The first-order valence-electron chi connectivity index (χ1n) is 7.39. The number of benzene rings is 1. The first-order chi connectivity index (χ1) is 9.93. The van der Waals surface area contributed by atoms with Gasteiger partial charge in [-0.2, -0.15) is 4.31 Å². The first kappa shape index (κ1) is 15.5. The lowest BCUT2D eigenvalue weighted by Gasteiger charge is -2.27. The molecule has 1 aromatic carbocycles. The van der Waals surface area contributed by atoms with Crippen LogP contribution in [0.25, 0.3) is 0 Å². The molecule has 1 saturated heterocycles. The van der Waals surface area contributed by atoms with Crippen molar-refractivity contribution in [2.24, 2.45) is 5.92 Å². The third-order valence-corrected chi connectivity index (χ3v) is 7.86. The molecule has 1 aliphatic heterocycles. The number of fused-ring (bicyclic) bond motifs is 2. The van der Waals surface area contributed by atoms with E-state index in [1.54, 1.807) is 10.4 Å². The van der Waals surface area contributed by atoms with E-state index in [4.69, 9.17) is 0 Å². The van der Waals surface area contributed by atoms with Gasteiger partial charge in [0.1, 0.15) is 0 Å². The van der Waals surface area contributed by atoms with Crippen LogP contribution in [0.15, 0.2) is 21.5 Å². The van der Waals surface area contributed by atoms with Crippen LogP contribution in [-0.2, 0) is 16.6 Å². The van der Waals surface area contributed by atoms with Crippen LogP contribution in [0.3, 0.4) is 0 Å². The van der Waals surface area contributed by atoms with Crippen LogP contribution >= 0.6 is 15.9 Å². The molecular formula is C15H21BrN2O2S. The van der Waals surface area contributed by atoms with Crippen LogP contribution in [0.5, 0.6) is 0 Å². The Balaban J connectivity index is 2.02. The van der Waals surface area contributed by atoms with Crippen molar-refractivity contribution in [3.8, 4) is 0 Å². The maximum absolute atomic E-state index is 13.0. The summed E-state index contributed by atoms with van der Waals surface area (Å²) in [7, 11) is -1.54. The molecule has 21 heavy (non-hydrogen) atoms. The number of hydrogen-bond acceptors (Lipinski definition) is 3. The molecule has 2 aliphatic rings. The summed E-state index contributed by atoms with van der Waals surface area (Å²) in [5, 5.41) is 3.08. The molecular weight excluding hydrogens is 352 g/mol. The normalized spacial score (nSPS) is 25.7. The molecule has 1 N–H and O–H groups in total. The van der Waals surface area contributed by atoms with Crippen LogP contribution in [0.1, 0.15) is 30.4 Å². The second kappa shape index (κ2) is 5.65. The fraction of sp³-hybridized carbons (Fsp3) is 0.600. The summed E-state index contributed by atoms with van der Waals surface area (Å²) < 4.78 is 28.5. The highest BCUT2D eigenvalue weighted by Crippen LogP contribution is 2.42. The highest BCUT2D eigenvalue weighted by Gasteiger charge is 2.44. The van der Waals surface area contributed by atoms with E-state index in [0.717, 1.165) is 24.0 Å². The third kappa shape index (κ3) is 2.67. The zero-order valence-corrected chi connectivity index (χ0v) is 14.8. The predicted molar refractivity (Wildman–Crippen MR) is 86.7 cm³/mol. The molecule has 0 amide bonds. The molecule has 116 valence electrons. The Bertz CT molecular complexity index is 660. The van der Waals surface area contributed by atoms with Gasteiger partial charge in [-0.05, 0) is 72.3 Å². The van der Waals surface area contributed by atoms with Crippen molar-refractivity contribution in [3.05, 3.63) is 27.7 Å². The molecule has 2 bridgehead atoms. The van der Waals surface area contributed by atoms with E-state index in [0.29, 0.717) is 28.4 Å². The standard InChI is InChI=1S/C15H21BrN2O2S/c1-10-5-12(8-17-2)7-14(15(10)16)21(19,20)18-9-11-3-4-13(18)6-11/h5,7,11,13,17H,3-4,6,8-9H2,1-2H3. The van der Waals surface area contributed by atoms with E-state index in [-0.39, 0.29) is 6.04 Å². The van der Waals surface area contributed by atoms with E-state index in [1.165, 1.54) is 6.42 Å². The Kier molecular flexibility index (Phi) is 4.16. The second-order valence-electron chi connectivity index (χ2n) is 6.16. The van der Waals surface area contributed by atoms with Gasteiger partial charge in [0.25, 0.3) is 0 Å². The van der Waals surface area contributed by atoms with Gasteiger partial charge in [0.05, 0.1) is 4.90 Å². The van der Waals surface area contributed by atoms with Gasteiger partial charge >= 0.3 is 0 Å². The summed E-state index contributed by atoms with van der Waals surface area (Å²) in [5.41, 5.74) is 1.96. The minimum absolute atomic E-state index is 0.208. The molecule has 0 spiro atoms. The SMILES string of the molecule is CNCc1cc(C)c(Br)c(S(=O)(=O)N2CC3CCC2C3)c1. The Labute approximate surface area is 135 Å². The number of hydrogen-bond donors (Lipinski definition) is 1. The van der Waals surface area contributed by atoms with Crippen LogP contribution in [-0.4, -0.2) is 32.4 Å². The molecule has 6 heteroatoms.